The summed E-state index contributed by atoms with van der Waals surface area (Å²) in [4.78, 5) is 3.35. The molecule has 3 heteroatoms. The zero-order valence-electron chi connectivity index (χ0n) is 11.0. The number of aromatic amines is 1. The van der Waals surface area contributed by atoms with Gasteiger partial charge in [-0.05, 0) is 49.2 Å². The van der Waals surface area contributed by atoms with Gasteiger partial charge in [0.2, 0.25) is 0 Å². The van der Waals surface area contributed by atoms with Gasteiger partial charge in [-0.25, -0.2) is 0 Å². The molecular formula is C16H17NO2. The van der Waals surface area contributed by atoms with Gasteiger partial charge in [0.15, 0.2) is 0 Å². The summed E-state index contributed by atoms with van der Waals surface area (Å²) in [5.41, 5.74) is 3.89. The molecule has 0 saturated carbocycles. The van der Waals surface area contributed by atoms with Gasteiger partial charge in [-0.3, -0.25) is 0 Å². The molecule has 3 N–H and O–H groups in total. The molecule has 0 radical (unpaired) electrons. The number of nitrogens with one attached hydrogen (secondary N) is 1. The molecule has 0 aliphatic carbocycles. The molecule has 0 unspecified atom stereocenters. The predicted molar refractivity (Wildman–Crippen MR) is 77.1 cm³/mol. The highest BCUT2D eigenvalue weighted by Crippen LogP contribution is 2.30. The van der Waals surface area contributed by atoms with E-state index < -0.39 is 12.2 Å². The molecule has 19 heavy (non-hydrogen) atoms. The first-order valence-electron chi connectivity index (χ1n) is 6.47. The number of aromatic nitrogens is 1. The Kier molecular flexibility index (Phi) is 2.81. The Hall–Kier alpha value is -1.84. The van der Waals surface area contributed by atoms with Gasteiger partial charge in [0.25, 0.3) is 0 Å². The van der Waals surface area contributed by atoms with Crippen LogP contribution < -0.4 is 0 Å². The Morgan fingerprint density at radius 3 is 1.58 bits per heavy atom. The fraction of sp³-hybridized carbons (Fsp3) is 0.250. The second-order valence-electron chi connectivity index (χ2n) is 5.09. The lowest BCUT2D eigenvalue weighted by Gasteiger charge is -2.05. The van der Waals surface area contributed by atoms with Crippen molar-refractivity contribution in [3.63, 3.8) is 0 Å². The topological polar surface area (TPSA) is 56.2 Å². The second-order valence-corrected chi connectivity index (χ2v) is 5.09. The van der Waals surface area contributed by atoms with Crippen LogP contribution in [-0.4, -0.2) is 15.2 Å². The Morgan fingerprint density at radius 1 is 0.789 bits per heavy atom. The third-order valence-corrected chi connectivity index (χ3v) is 3.61. The molecule has 0 saturated heterocycles. The molecule has 0 aliphatic heterocycles. The molecule has 2 aromatic carbocycles. The van der Waals surface area contributed by atoms with Crippen LogP contribution in [0.15, 0.2) is 36.4 Å². The molecule has 0 amide bonds. The largest absolute Gasteiger partial charge is 0.389 e. The maximum atomic E-state index is 9.69. The van der Waals surface area contributed by atoms with Crippen molar-refractivity contribution in [2.24, 2.45) is 0 Å². The van der Waals surface area contributed by atoms with Gasteiger partial charge >= 0.3 is 0 Å². The minimum atomic E-state index is -0.478. The van der Waals surface area contributed by atoms with Crippen molar-refractivity contribution < 1.29 is 10.2 Å². The fourth-order valence-electron chi connectivity index (χ4n) is 2.45. The van der Waals surface area contributed by atoms with Gasteiger partial charge in [-0.15, -0.1) is 0 Å². The Bertz CT molecular complexity index is 679. The van der Waals surface area contributed by atoms with Crippen molar-refractivity contribution in [1.29, 1.82) is 0 Å². The van der Waals surface area contributed by atoms with Crippen molar-refractivity contribution in [2.75, 3.05) is 0 Å². The first kappa shape index (κ1) is 12.2. The summed E-state index contributed by atoms with van der Waals surface area (Å²) in [5.74, 6) is 0. The quantitative estimate of drug-likeness (QED) is 0.657. The van der Waals surface area contributed by atoms with Crippen LogP contribution in [-0.2, 0) is 0 Å². The molecule has 1 heterocycles. The number of rotatable bonds is 2. The van der Waals surface area contributed by atoms with Crippen molar-refractivity contribution in [1.82, 2.24) is 4.98 Å². The monoisotopic (exact) mass is 255 g/mol. The number of hydrogen-bond acceptors (Lipinski definition) is 2. The van der Waals surface area contributed by atoms with Crippen LogP contribution in [0.4, 0.5) is 0 Å². The normalized spacial score (nSPS) is 14.9. The van der Waals surface area contributed by atoms with Crippen LogP contribution in [0.2, 0.25) is 0 Å². The van der Waals surface area contributed by atoms with Gasteiger partial charge in [-0.1, -0.05) is 12.1 Å². The van der Waals surface area contributed by atoms with Crippen molar-refractivity contribution in [2.45, 2.75) is 26.1 Å². The van der Waals surface area contributed by atoms with E-state index in [1.807, 2.05) is 36.4 Å². The lowest BCUT2D eigenvalue weighted by atomic mass is 10.0. The lowest BCUT2D eigenvalue weighted by Crippen LogP contribution is -1.90. The van der Waals surface area contributed by atoms with E-state index in [1.165, 1.54) is 0 Å². The van der Waals surface area contributed by atoms with E-state index in [-0.39, 0.29) is 0 Å². The van der Waals surface area contributed by atoms with Crippen LogP contribution in [0.3, 0.4) is 0 Å². The van der Waals surface area contributed by atoms with Crippen LogP contribution in [0.1, 0.15) is 37.2 Å². The third kappa shape index (κ3) is 2.01. The van der Waals surface area contributed by atoms with Crippen LogP contribution in [0.25, 0.3) is 21.8 Å². The number of H-pyrrole nitrogens is 1. The van der Waals surface area contributed by atoms with E-state index in [0.717, 1.165) is 32.9 Å². The molecule has 3 nitrogen and oxygen atoms in total. The van der Waals surface area contributed by atoms with Gasteiger partial charge in [0, 0.05) is 21.8 Å². The number of aliphatic hydroxyl groups is 2. The third-order valence-electron chi connectivity index (χ3n) is 3.61. The SMILES string of the molecule is C[C@H](O)c1ccc2[nH]c3ccc([C@@H](C)O)cc3c2c1. The fourth-order valence-corrected chi connectivity index (χ4v) is 2.45. The molecule has 2 atom stereocenters. The van der Waals surface area contributed by atoms with Gasteiger partial charge in [0.05, 0.1) is 12.2 Å². The summed E-state index contributed by atoms with van der Waals surface area (Å²) in [7, 11) is 0. The van der Waals surface area contributed by atoms with Gasteiger partial charge < -0.3 is 15.2 Å². The van der Waals surface area contributed by atoms with Crippen molar-refractivity contribution in [3.05, 3.63) is 47.5 Å². The number of hydrogen-bond donors (Lipinski definition) is 3. The van der Waals surface area contributed by atoms with E-state index in [9.17, 15) is 10.2 Å². The summed E-state index contributed by atoms with van der Waals surface area (Å²) in [6.07, 6.45) is -0.955. The first-order chi connectivity index (χ1) is 9.06. The summed E-state index contributed by atoms with van der Waals surface area (Å²) >= 11 is 0. The Labute approximate surface area is 111 Å². The van der Waals surface area contributed by atoms with Crippen molar-refractivity contribution in [3.8, 4) is 0 Å². The summed E-state index contributed by atoms with van der Waals surface area (Å²) in [5, 5.41) is 21.5. The maximum Gasteiger partial charge on any atom is 0.0762 e. The molecule has 98 valence electrons. The van der Waals surface area contributed by atoms with E-state index in [1.54, 1.807) is 13.8 Å². The molecular weight excluding hydrogens is 238 g/mol. The highest BCUT2D eigenvalue weighted by molar-refractivity contribution is 6.07. The molecule has 3 rings (SSSR count). The van der Waals surface area contributed by atoms with Gasteiger partial charge in [-0.2, -0.15) is 0 Å². The average molecular weight is 255 g/mol. The standard InChI is InChI=1S/C16H17NO2/c1-9(18)11-3-5-15-13(7-11)14-8-12(10(2)19)4-6-16(14)17-15/h3-10,17-19H,1-2H3/t9-,10+. The molecule has 0 bridgehead atoms. The average Bonchev–Trinajstić information content (AvgIpc) is 2.75. The summed E-state index contributed by atoms with van der Waals surface area (Å²) in [6.45, 7) is 3.52. The predicted octanol–water partition coefficient (Wildman–Crippen LogP) is 3.43. The van der Waals surface area contributed by atoms with E-state index >= 15 is 0 Å². The van der Waals surface area contributed by atoms with Gasteiger partial charge in [0.1, 0.15) is 0 Å². The second kappa shape index (κ2) is 4.37. The summed E-state index contributed by atoms with van der Waals surface area (Å²) in [6, 6.07) is 11.8. The molecule has 0 fully saturated rings. The van der Waals surface area contributed by atoms with E-state index in [2.05, 4.69) is 4.98 Å². The molecule has 3 aromatic rings. The smallest absolute Gasteiger partial charge is 0.0762 e. The van der Waals surface area contributed by atoms with Crippen LogP contribution in [0.5, 0.6) is 0 Å². The minimum absolute atomic E-state index is 0.478. The minimum Gasteiger partial charge on any atom is -0.389 e. The lowest BCUT2D eigenvalue weighted by molar-refractivity contribution is 0.199. The number of benzene rings is 2. The highest BCUT2D eigenvalue weighted by atomic mass is 16.3. The van der Waals surface area contributed by atoms with E-state index in [4.69, 9.17) is 0 Å². The zero-order valence-corrected chi connectivity index (χ0v) is 11.0. The van der Waals surface area contributed by atoms with E-state index in [0.29, 0.717) is 0 Å². The summed E-state index contributed by atoms with van der Waals surface area (Å²) < 4.78 is 0. The number of aliphatic hydroxyl groups excluding tert-OH is 2. The highest BCUT2D eigenvalue weighted by Gasteiger charge is 2.09. The Balaban J connectivity index is 2.31. The molecule has 0 aliphatic rings. The zero-order chi connectivity index (χ0) is 13.6. The molecule has 1 aromatic heterocycles. The van der Waals surface area contributed by atoms with Crippen molar-refractivity contribution >= 4 is 21.8 Å². The Morgan fingerprint density at radius 2 is 1.21 bits per heavy atom. The number of fused-ring (bicyclic) bond motifs is 3. The first-order valence-corrected chi connectivity index (χ1v) is 6.47. The van der Waals surface area contributed by atoms with Crippen LogP contribution in [0, 0.1) is 0 Å². The van der Waals surface area contributed by atoms with Crippen LogP contribution >= 0.6 is 0 Å². The maximum absolute atomic E-state index is 9.69. The molecule has 0 spiro atoms.